The lowest BCUT2D eigenvalue weighted by molar-refractivity contribution is 0.796. The third-order valence-electron chi connectivity index (χ3n) is 1.66. The fourth-order valence-corrected chi connectivity index (χ4v) is 1.05. The van der Waals surface area contributed by atoms with Gasteiger partial charge in [-0.1, -0.05) is 36.6 Å². The Balaban J connectivity index is 3.89. The summed E-state index contributed by atoms with van der Waals surface area (Å²) in [6.07, 6.45) is 8.31. The molecule has 0 radical (unpaired) electrons. The Morgan fingerprint density at radius 2 is 1.91 bits per heavy atom. The average Bonchev–Trinajstić information content (AvgIpc) is 1.97. The van der Waals surface area contributed by atoms with Gasteiger partial charge >= 0.3 is 0 Å². The summed E-state index contributed by atoms with van der Waals surface area (Å²) in [6, 6.07) is 0. The van der Waals surface area contributed by atoms with Crippen molar-refractivity contribution in [2.75, 3.05) is 0 Å². The number of hydrogen-bond acceptors (Lipinski definition) is 0. The summed E-state index contributed by atoms with van der Waals surface area (Å²) in [6.45, 7) is 8.64. The topological polar surface area (TPSA) is 0 Å². The van der Waals surface area contributed by atoms with Gasteiger partial charge in [0, 0.05) is 0 Å². The molecule has 0 heterocycles. The van der Waals surface area contributed by atoms with Crippen molar-refractivity contribution in [1.82, 2.24) is 0 Å². The molecule has 0 spiro atoms. The summed E-state index contributed by atoms with van der Waals surface area (Å²) >= 11 is 0. The van der Waals surface area contributed by atoms with Gasteiger partial charge in [0.1, 0.15) is 0 Å². The third-order valence-corrected chi connectivity index (χ3v) is 1.66. The predicted molar refractivity (Wildman–Crippen MR) is 52.7 cm³/mol. The first kappa shape index (κ1) is 10.5. The molecule has 0 atom stereocenters. The summed E-state index contributed by atoms with van der Waals surface area (Å²) in [4.78, 5) is 0. The lowest BCUT2D eigenvalue weighted by Gasteiger charge is -1.99. The number of allylic oxidation sites excluding steroid dienone is 4. The molecule has 0 nitrogen and oxygen atoms in total. The molecule has 0 aromatic carbocycles. The highest BCUT2D eigenvalue weighted by atomic mass is 14.0. The monoisotopic (exact) mass is 152 g/mol. The fraction of sp³-hybridized carbons (Fsp3) is 0.636. The minimum absolute atomic E-state index is 1.23. The van der Waals surface area contributed by atoms with Crippen LogP contribution in [0, 0.1) is 0 Å². The van der Waals surface area contributed by atoms with Crippen LogP contribution in [0.2, 0.25) is 0 Å². The van der Waals surface area contributed by atoms with Crippen molar-refractivity contribution < 1.29 is 0 Å². The van der Waals surface area contributed by atoms with Crippen LogP contribution in [0.15, 0.2) is 23.3 Å². The lowest BCUT2D eigenvalue weighted by atomic mass is 10.1. The second-order valence-electron chi connectivity index (χ2n) is 3.19. The molecule has 0 rings (SSSR count). The van der Waals surface area contributed by atoms with Gasteiger partial charge in [0.25, 0.3) is 0 Å². The molecule has 0 N–H and O–H groups in total. The molecule has 0 heteroatoms. The van der Waals surface area contributed by atoms with E-state index in [2.05, 4.69) is 39.8 Å². The molecule has 0 unspecified atom stereocenters. The summed E-state index contributed by atoms with van der Waals surface area (Å²) < 4.78 is 0. The first-order chi connectivity index (χ1) is 5.20. The molecule has 0 aliphatic heterocycles. The molecule has 0 aliphatic rings. The average molecular weight is 152 g/mol. The zero-order chi connectivity index (χ0) is 8.69. The van der Waals surface area contributed by atoms with E-state index in [1.54, 1.807) is 0 Å². The smallest absolute Gasteiger partial charge is 0.0282 e. The summed E-state index contributed by atoms with van der Waals surface area (Å²) in [5.41, 5.74) is 2.88. The van der Waals surface area contributed by atoms with E-state index < -0.39 is 0 Å². The van der Waals surface area contributed by atoms with Crippen molar-refractivity contribution in [3.8, 4) is 0 Å². The molecule has 11 heavy (non-hydrogen) atoms. The maximum absolute atomic E-state index is 2.27. The summed E-state index contributed by atoms with van der Waals surface area (Å²) in [5, 5.41) is 0. The molecule has 0 aromatic heterocycles. The summed E-state index contributed by atoms with van der Waals surface area (Å²) in [5.74, 6) is 0. The first-order valence-corrected chi connectivity index (χ1v) is 4.50. The molecule has 0 bridgehead atoms. The van der Waals surface area contributed by atoms with Crippen LogP contribution in [0.3, 0.4) is 0 Å². The van der Waals surface area contributed by atoms with Crippen LogP contribution in [-0.2, 0) is 0 Å². The van der Waals surface area contributed by atoms with E-state index >= 15 is 0 Å². The van der Waals surface area contributed by atoms with Gasteiger partial charge in [-0.25, -0.2) is 0 Å². The SMILES string of the molecule is CC=C(C=C(C)C)CCCC. The van der Waals surface area contributed by atoms with Crippen molar-refractivity contribution in [3.05, 3.63) is 23.3 Å². The van der Waals surface area contributed by atoms with Gasteiger partial charge in [-0.3, -0.25) is 0 Å². The highest BCUT2D eigenvalue weighted by Crippen LogP contribution is 2.10. The van der Waals surface area contributed by atoms with Gasteiger partial charge in [-0.05, 0) is 33.6 Å². The van der Waals surface area contributed by atoms with Crippen LogP contribution in [-0.4, -0.2) is 0 Å². The van der Waals surface area contributed by atoms with Crippen LogP contribution in [0.5, 0.6) is 0 Å². The maximum atomic E-state index is 2.27. The molecule has 0 amide bonds. The second-order valence-corrected chi connectivity index (χ2v) is 3.19. The Kier molecular flexibility index (Phi) is 5.91. The summed E-state index contributed by atoms with van der Waals surface area (Å²) in [7, 11) is 0. The van der Waals surface area contributed by atoms with E-state index in [0.29, 0.717) is 0 Å². The van der Waals surface area contributed by atoms with Crippen LogP contribution in [0.1, 0.15) is 47.0 Å². The molecular formula is C11H20. The Morgan fingerprint density at radius 1 is 1.27 bits per heavy atom. The largest absolute Gasteiger partial charge is 0.0844 e. The van der Waals surface area contributed by atoms with Crippen LogP contribution < -0.4 is 0 Å². The van der Waals surface area contributed by atoms with Gasteiger partial charge in [0.05, 0.1) is 0 Å². The Labute approximate surface area is 71.0 Å². The third kappa shape index (κ3) is 5.90. The minimum Gasteiger partial charge on any atom is -0.0844 e. The van der Waals surface area contributed by atoms with E-state index in [9.17, 15) is 0 Å². The highest BCUT2D eigenvalue weighted by molar-refractivity contribution is 5.20. The van der Waals surface area contributed by atoms with E-state index in [-0.39, 0.29) is 0 Å². The molecule has 0 saturated carbocycles. The van der Waals surface area contributed by atoms with Crippen molar-refractivity contribution in [3.63, 3.8) is 0 Å². The van der Waals surface area contributed by atoms with E-state index in [0.717, 1.165) is 0 Å². The molecule has 0 saturated heterocycles. The van der Waals surface area contributed by atoms with Crippen LogP contribution in [0.4, 0.5) is 0 Å². The van der Waals surface area contributed by atoms with Crippen LogP contribution in [0.25, 0.3) is 0 Å². The normalized spacial score (nSPS) is 11.5. The molecule has 64 valence electrons. The fourth-order valence-electron chi connectivity index (χ4n) is 1.05. The molecular weight excluding hydrogens is 132 g/mol. The first-order valence-electron chi connectivity index (χ1n) is 4.50. The zero-order valence-electron chi connectivity index (χ0n) is 8.28. The molecule has 0 fully saturated rings. The van der Waals surface area contributed by atoms with Gasteiger partial charge in [-0.2, -0.15) is 0 Å². The lowest BCUT2D eigenvalue weighted by Crippen LogP contribution is -1.79. The Morgan fingerprint density at radius 3 is 2.27 bits per heavy atom. The van der Waals surface area contributed by atoms with Gasteiger partial charge < -0.3 is 0 Å². The Bertz CT molecular complexity index is 145. The van der Waals surface area contributed by atoms with Crippen LogP contribution >= 0.6 is 0 Å². The Hall–Kier alpha value is -0.520. The molecule has 0 aliphatic carbocycles. The standard InChI is InChI=1S/C11H20/c1-5-7-8-11(6-2)9-10(3)4/h6,9H,5,7-8H2,1-4H3. The number of rotatable bonds is 4. The van der Waals surface area contributed by atoms with E-state index in [4.69, 9.17) is 0 Å². The maximum Gasteiger partial charge on any atom is -0.0282 e. The van der Waals surface area contributed by atoms with Crippen molar-refractivity contribution >= 4 is 0 Å². The minimum atomic E-state index is 1.23. The quantitative estimate of drug-likeness (QED) is 0.532. The van der Waals surface area contributed by atoms with E-state index in [1.165, 1.54) is 30.4 Å². The highest BCUT2D eigenvalue weighted by Gasteiger charge is 1.90. The van der Waals surface area contributed by atoms with Gasteiger partial charge in [0.15, 0.2) is 0 Å². The molecule has 0 aromatic rings. The van der Waals surface area contributed by atoms with Crippen molar-refractivity contribution in [2.24, 2.45) is 0 Å². The van der Waals surface area contributed by atoms with Crippen molar-refractivity contribution in [1.29, 1.82) is 0 Å². The predicted octanol–water partition coefficient (Wildman–Crippen LogP) is 4.09. The van der Waals surface area contributed by atoms with E-state index in [1.807, 2.05) is 0 Å². The number of unbranched alkanes of at least 4 members (excludes halogenated alkanes) is 1. The zero-order valence-corrected chi connectivity index (χ0v) is 8.28. The van der Waals surface area contributed by atoms with Crippen molar-refractivity contribution in [2.45, 2.75) is 47.0 Å². The number of hydrogen-bond donors (Lipinski definition) is 0. The second kappa shape index (κ2) is 6.21. The van der Waals surface area contributed by atoms with Gasteiger partial charge in [-0.15, -0.1) is 0 Å². The van der Waals surface area contributed by atoms with Gasteiger partial charge in [0.2, 0.25) is 0 Å².